The molecule has 9 heteroatoms. The molecule has 1 saturated heterocycles. The molecule has 3 aromatic rings. The fourth-order valence-corrected chi connectivity index (χ4v) is 4.53. The molecule has 5 rings (SSSR count). The number of ether oxygens (including phenoxy) is 1. The van der Waals surface area contributed by atoms with Gasteiger partial charge in [-0.3, -0.25) is 4.90 Å². The molecule has 2 aliphatic rings. The van der Waals surface area contributed by atoms with Crippen molar-refractivity contribution in [1.82, 2.24) is 19.9 Å². The lowest BCUT2D eigenvalue weighted by Gasteiger charge is -2.23. The normalized spacial score (nSPS) is 21.0. The number of anilines is 2. The first kappa shape index (κ1) is 17.7. The summed E-state index contributed by atoms with van der Waals surface area (Å²) in [5, 5.41) is 10.6. The molecule has 6 N–H and O–H groups in total. The van der Waals surface area contributed by atoms with Gasteiger partial charge in [-0.05, 0) is 19.1 Å². The molecule has 4 heterocycles. The summed E-state index contributed by atoms with van der Waals surface area (Å²) in [4.78, 5) is 25.3. The van der Waals surface area contributed by atoms with E-state index in [2.05, 4.69) is 19.9 Å². The third kappa shape index (κ3) is 2.85. The number of hydrogen-bond donors (Lipinski definition) is 4. The second kappa shape index (κ2) is 6.08. The van der Waals surface area contributed by atoms with Gasteiger partial charge < -0.3 is 26.3 Å². The fraction of sp³-hybridized carbons (Fsp3) is 0.350. The number of carbonyl (C=O) groups is 1. The Bertz CT molecular complexity index is 1160. The van der Waals surface area contributed by atoms with Crippen LogP contribution in [0.4, 0.5) is 11.8 Å². The third-order valence-corrected chi connectivity index (χ3v) is 5.88. The first-order chi connectivity index (χ1) is 13.8. The number of carboxylic acids is 1. The Morgan fingerprint density at radius 2 is 2.21 bits per heavy atom. The summed E-state index contributed by atoms with van der Waals surface area (Å²) in [5.74, 6) is -0.0203. The summed E-state index contributed by atoms with van der Waals surface area (Å²) in [6.45, 7) is 3.96. The average molecular weight is 394 g/mol. The van der Waals surface area contributed by atoms with Gasteiger partial charge in [0.2, 0.25) is 11.8 Å². The van der Waals surface area contributed by atoms with Crippen LogP contribution in [0.2, 0.25) is 0 Å². The molecule has 29 heavy (non-hydrogen) atoms. The second-order valence-corrected chi connectivity index (χ2v) is 8.01. The minimum Gasteiger partial charge on any atom is -0.477 e. The topological polar surface area (TPSA) is 143 Å². The number of fused-ring (bicyclic) bond motifs is 2. The second-order valence-electron chi connectivity index (χ2n) is 8.01. The van der Waals surface area contributed by atoms with Crippen LogP contribution >= 0.6 is 0 Å². The van der Waals surface area contributed by atoms with Gasteiger partial charge in [0.1, 0.15) is 17.1 Å². The summed E-state index contributed by atoms with van der Waals surface area (Å²) in [5.41, 5.74) is 15.0. The van der Waals surface area contributed by atoms with E-state index in [0.29, 0.717) is 31.2 Å². The molecule has 0 radical (unpaired) electrons. The van der Waals surface area contributed by atoms with Crippen molar-refractivity contribution < 1.29 is 14.6 Å². The van der Waals surface area contributed by atoms with Crippen LogP contribution in [0.15, 0.2) is 18.2 Å². The molecule has 150 valence electrons. The molecule has 0 unspecified atom stereocenters. The molecule has 9 nitrogen and oxygen atoms in total. The Kier molecular flexibility index (Phi) is 3.72. The number of nitrogens with two attached hydrogens (primary N) is 2. The highest BCUT2D eigenvalue weighted by Gasteiger charge is 2.47. The van der Waals surface area contributed by atoms with E-state index in [1.807, 2.05) is 25.1 Å². The lowest BCUT2D eigenvalue weighted by molar-refractivity contribution is 0.0689. The quantitative estimate of drug-likeness (QED) is 0.526. The van der Waals surface area contributed by atoms with Crippen molar-refractivity contribution in [3.63, 3.8) is 0 Å². The van der Waals surface area contributed by atoms with E-state index in [1.165, 1.54) is 0 Å². The van der Waals surface area contributed by atoms with Crippen molar-refractivity contribution in [2.75, 3.05) is 24.6 Å². The van der Waals surface area contributed by atoms with Crippen molar-refractivity contribution >= 4 is 28.6 Å². The van der Waals surface area contributed by atoms with Crippen LogP contribution in [-0.2, 0) is 13.0 Å². The van der Waals surface area contributed by atoms with Gasteiger partial charge in [0.25, 0.3) is 0 Å². The summed E-state index contributed by atoms with van der Waals surface area (Å²) in [6, 6.07) is 5.93. The summed E-state index contributed by atoms with van der Waals surface area (Å²) in [6.07, 6.45) is 1.43. The fourth-order valence-electron chi connectivity index (χ4n) is 4.53. The average Bonchev–Trinajstić information content (AvgIpc) is 3.32. The van der Waals surface area contributed by atoms with E-state index in [9.17, 15) is 9.90 Å². The van der Waals surface area contributed by atoms with E-state index < -0.39 is 11.6 Å². The number of benzene rings is 1. The van der Waals surface area contributed by atoms with Gasteiger partial charge >= 0.3 is 5.97 Å². The highest BCUT2D eigenvalue weighted by Crippen LogP contribution is 2.42. The van der Waals surface area contributed by atoms with Crippen molar-refractivity contribution in [1.29, 1.82) is 0 Å². The largest absolute Gasteiger partial charge is 0.477 e. The van der Waals surface area contributed by atoms with Crippen LogP contribution in [0.1, 0.15) is 33.6 Å². The van der Waals surface area contributed by atoms with Crippen LogP contribution in [0, 0.1) is 6.92 Å². The SMILES string of the molecule is Cc1ccc2[nH]c(C(=O)O)c(CN3CC[C@]4(Cc5c(N)nc(N)nc5O4)C3)c2c1. The Morgan fingerprint density at radius 3 is 3.00 bits per heavy atom. The molecule has 2 aliphatic heterocycles. The van der Waals surface area contributed by atoms with Crippen LogP contribution in [-0.4, -0.2) is 49.6 Å². The smallest absolute Gasteiger partial charge is 0.352 e. The Hall–Kier alpha value is -3.33. The van der Waals surface area contributed by atoms with Gasteiger partial charge in [0, 0.05) is 48.9 Å². The Morgan fingerprint density at radius 1 is 1.38 bits per heavy atom. The standard InChI is InChI=1S/C20H22N6O3/c1-10-2-3-14-11(6-10)13(15(23-14)18(27)28)8-26-5-4-20(9-26)7-12-16(21)24-19(22)25-17(12)29-20/h2-3,6,23H,4-5,7-9H2,1H3,(H,27,28)(H4,21,22,24,25)/t20-/m0/s1. The Balaban J connectivity index is 1.43. The molecule has 1 atom stereocenters. The minimum absolute atomic E-state index is 0.105. The van der Waals surface area contributed by atoms with Gasteiger partial charge in [0.15, 0.2) is 0 Å². The Labute approximate surface area is 166 Å². The molecule has 0 saturated carbocycles. The molecular formula is C20H22N6O3. The lowest BCUT2D eigenvalue weighted by Crippen LogP contribution is -2.38. The number of likely N-dealkylation sites (tertiary alicyclic amines) is 1. The zero-order chi connectivity index (χ0) is 20.3. The number of nitrogens with one attached hydrogen (secondary N) is 1. The first-order valence-corrected chi connectivity index (χ1v) is 9.51. The molecule has 0 amide bonds. The van der Waals surface area contributed by atoms with E-state index in [-0.39, 0.29) is 11.6 Å². The number of aryl methyl sites for hydroxylation is 1. The molecule has 1 fully saturated rings. The van der Waals surface area contributed by atoms with Crippen LogP contribution in [0.5, 0.6) is 5.88 Å². The highest BCUT2D eigenvalue weighted by molar-refractivity contribution is 5.97. The van der Waals surface area contributed by atoms with E-state index in [0.717, 1.165) is 40.6 Å². The number of aromatic nitrogens is 3. The zero-order valence-electron chi connectivity index (χ0n) is 16.0. The molecular weight excluding hydrogens is 372 g/mol. The maximum absolute atomic E-state index is 11.8. The first-order valence-electron chi connectivity index (χ1n) is 9.51. The summed E-state index contributed by atoms with van der Waals surface area (Å²) >= 11 is 0. The number of nitrogen functional groups attached to an aromatic ring is 2. The predicted molar refractivity (Wildman–Crippen MR) is 108 cm³/mol. The van der Waals surface area contributed by atoms with E-state index in [4.69, 9.17) is 16.2 Å². The lowest BCUT2D eigenvalue weighted by atomic mass is 9.97. The maximum atomic E-state index is 11.8. The maximum Gasteiger partial charge on any atom is 0.352 e. The van der Waals surface area contributed by atoms with Crippen molar-refractivity contribution in [3.8, 4) is 5.88 Å². The van der Waals surface area contributed by atoms with E-state index >= 15 is 0 Å². The number of H-pyrrole nitrogens is 1. The molecule has 1 aromatic carbocycles. The number of aromatic carboxylic acids is 1. The van der Waals surface area contributed by atoms with Crippen LogP contribution in [0.25, 0.3) is 10.9 Å². The third-order valence-electron chi connectivity index (χ3n) is 5.88. The van der Waals surface area contributed by atoms with Crippen molar-refractivity contribution in [2.24, 2.45) is 0 Å². The predicted octanol–water partition coefficient (Wildman–Crippen LogP) is 1.71. The molecule has 2 aromatic heterocycles. The van der Waals surface area contributed by atoms with Gasteiger partial charge in [-0.1, -0.05) is 11.6 Å². The number of rotatable bonds is 3. The number of aromatic amines is 1. The van der Waals surface area contributed by atoms with Gasteiger partial charge in [-0.15, -0.1) is 0 Å². The number of nitrogens with zero attached hydrogens (tertiary/aromatic N) is 3. The highest BCUT2D eigenvalue weighted by atomic mass is 16.5. The number of carboxylic acid groups (broad SMARTS) is 1. The molecule has 0 aliphatic carbocycles. The molecule has 0 bridgehead atoms. The zero-order valence-corrected chi connectivity index (χ0v) is 16.0. The van der Waals surface area contributed by atoms with Gasteiger partial charge in [-0.2, -0.15) is 9.97 Å². The summed E-state index contributed by atoms with van der Waals surface area (Å²) in [7, 11) is 0. The van der Waals surface area contributed by atoms with Crippen molar-refractivity contribution in [3.05, 3.63) is 40.6 Å². The van der Waals surface area contributed by atoms with Gasteiger partial charge in [-0.25, -0.2) is 4.79 Å². The van der Waals surface area contributed by atoms with Gasteiger partial charge in [0.05, 0.1) is 5.56 Å². The monoisotopic (exact) mass is 394 g/mol. The number of hydrogen-bond acceptors (Lipinski definition) is 7. The van der Waals surface area contributed by atoms with E-state index in [1.54, 1.807) is 0 Å². The van der Waals surface area contributed by atoms with Crippen molar-refractivity contribution in [2.45, 2.75) is 31.9 Å². The van der Waals surface area contributed by atoms with Crippen LogP contribution in [0.3, 0.4) is 0 Å². The minimum atomic E-state index is -0.953. The summed E-state index contributed by atoms with van der Waals surface area (Å²) < 4.78 is 6.17. The van der Waals surface area contributed by atoms with Crippen LogP contribution < -0.4 is 16.2 Å². The molecule has 1 spiro atoms.